The summed E-state index contributed by atoms with van der Waals surface area (Å²) in [4.78, 5) is 11.9. The fourth-order valence-corrected chi connectivity index (χ4v) is 2.62. The number of rotatable bonds is 15. The molecule has 4 heteroatoms. The van der Waals surface area contributed by atoms with Gasteiger partial charge in [0.2, 0.25) is 5.91 Å². The summed E-state index contributed by atoms with van der Waals surface area (Å²) in [6, 6.07) is 8.27. The van der Waals surface area contributed by atoms with Gasteiger partial charge in [0.1, 0.15) is 0 Å². The van der Waals surface area contributed by atoms with E-state index in [0.29, 0.717) is 25.5 Å². The molecule has 0 saturated carbocycles. The molecule has 0 fully saturated rings. The second-order valence-electron chi connectivity index (χ2n) is 7.22. The highest BCUT2D eigenvalue weighted by atomic mass is 16.5. The number of nitrogens with one attached hydrogen (secondary N) is 1. The Bertz CT molecular complexity index is 471. The van der Waals surface area contributed by atoms with Crippen molar-refractivity contribution in [1.82, 2.24) is 5.32 Å². The molecule has 0 bridgehead atoms. The van der Waals surface area contributed by atoms with Crippen molar-refractivity contribution in [2.75, 3.05) is 19.8 Å². The molecule has 0 aliphatic heterocycles. The summed E-state index contributed by atoms with van der Waals surface area (Å²) in [7, 11) is 0. The van der Waals surface area contributed by atoms with Crippen LogP contribution < -0.4 is 5.32 Å². The van der Waals surface area contributed by atoms with Crippen LogP contribution >= 0.6 is 0 Å². The molecular formula is C22H37NO3. The Morgan fingerprint density at radius 2 is 1.62 bits per heavy atom. The molecular weight excluding hydrogens is 326 g/mol. The zero-order valence-electron chi connectivity index (χ0n) is 16.9. The van der Waals surface area contributed by atoms with Gasteiger partial charge in [0.25, 0.3) is 0 Å². The highest BCUT2D eigenvalue weighted by Gasteiger charge is 2.02. The topological polar surface area (TPSA) is 47.6 Å². The van der Waals surface area contributed by atoms with Gasteiger partial charge < -0.3 is 14.8 Å². The van der Waals surface area contributed by atoms with Crippen LogP contribution in [0.15, 0.2) is 24.3 Å². The number of benzene rings is 1. The first kappa shape index (κ1) is 22.7. The van der Waals surface area contributed by atoms with Gasteiger partial charge in [-0.2, -0.15) is 0 Å². The van der Waals surface area contributed by atoms with Gasteiger partial charge in [-0.05, 0) is 36.8 Å². The number of unbranched alkanes of at least 4 members (excludes halogenated alkanes) is 4. The maximum absolute atomic E-state index is 11.9. The molecule has 1 amide bonds. The third kappa shape index (κ3) is 12.0. The Morgan fingerprint density at radius 3 is 2.31 bits per heavy atom. The minimum Gasteiger partial charge on any atom is -0.382 e. The van der Waals surface area contributed by atoms with Crippen LogP contribution in [0.2, 0.25) is 0 Å². The van der Waals surface area contributed by atoms with Crippen LogP contribution in [0.25, 0.3) is 0 Å². The largest absolute Gasteiger partial charge is 0.382 e. The van der Waals surface area contributed by atoms with E-state index in [1.54, 1.807) is 0 Å². The molecule has 148 valence electrons. The highest BCUT2D eigenvalue weighted by molar-refractivity contribution is 5.75. The molecule has 0 aromatic heterocycles. The van der Waals surface area contributed by atoms with E-state index in [1.807, 2.05) is 6.92 Å². The zero-order valence-corrected chi connectivity index (χ0v) is 16.9. The summed E-state index contributed by atoms with van der Waals surface area (Å²) in [6.45, 7) is 10.0. The Kier molecular flexibility index (Phi) is 12.8. The fourth-order valence-electron chi connectivity index (χ4n) is 2.62. The molecule has 0 aliphatic carbocycles. The number of carbonyl (C=O) groups excluding carboxylic acids is 1. The lowest BCUT2D eigenvalue weighted by molar-refractivity contribution is -0.121. The third-order valence-corrected chi connectivity index (χ3v) is 4.13. The van der Waals surface area contributed by atoms with Crippen LogP contribution in [0.3, 0.4) is 0 Å². The molecule has 0 heterocycles. The molecule has 1 aromatic carbocycles. The van der Waals surface area contributed by atoms with E-state index in [9.17, 15) is 4.79 Å². The third-order valence-electron chi connectivity index (χ3n) is 4.13. The van der Waals surface area contributed by atoms with Crippen LogP contribution in [0.4, 0.5) is 0 Å². The van der Waals surface area contributed by atoms with E-state index in [1.165, 1.54) is 18.4 Å². The van der Waals surface area contributed by atoms with Crippen LogP contribution in [0.5, 0.6) is 0 Å². The van der Waals surface area contributed by atoms with Crippen molar-refractivity contribution in [3.63, 3.8) is 0 Å². The van der Waals surface area contributed by atoms with Crippen LogP contribution in [-0.2, 0) is 27.4 Å². The number of hydrogen-bond acceptors (Lipinski definition) is 3. The number of amides is 1. The zero-order chi connectivity index (χ0) is 19.0. The van der Waals surface area contributed by atoms with Crippen molar-refractivity contribution >= 4 is 5.91 Å². The van der Waals surface area contributed by atoms with E-state index in [4.69, 9.17) is 9.47 Å². The molecule has 4 nitrogen and oxygen atoms in total. The van der Waals surface area contributed by atoms with Crippen molar-refractivity contribution in [3.05, 3.63) is 35.4 Å². The van der Waals surface area contributed by atoms with Crippen molar-refractivity contribution < 1.29 is 14.3 Å². The smallest absolute Gasteiger partial charge is 0.220 e. The second-order valence-corrected chi connectivity index (χ2v) is 7.22. The van der Waals surface area contributed by atoms with E-state index >= 15 is 0 Å². The van der Waals surface area contributed by atoms with Gasteiger partial charge in [0, 0.05) is 32.8 Å². The highest BCUT2D eigenvalue weighted by Crippen LogP contribution is 2.08. The van der Waals surface area contributed by atoms with Crippen LogP contribution in [0, 0.1) is 5.92 Å². The first-order valence-electron chi connectivity index (χ1n) is 10.1. The minimum absolute atomic E-state index is 0.142. The summed E-state index contributed by atoms with van der Waals surface area (Å²) >= 11 is 0. The molecule has 0 radical (unpaired) electrons. The van der Waals surface area contributed by atoms with Gasteiger partial charge >= 0.3 is 0 Å². The Hall–Kier alpha value is -1.39. The Morgan fingerprint density at radius 1 is 0.962 bits per heavy atom. The average molecular weight is 364 g/mol. The lowest BCUT2D eigenvalue weighted by Crippen LogP contribution is -2.22. The van der Waals surface area contributed by atoms with Crippen molar-refractivity contribution in [3.8, 4) is 0 Å². The SMILES string of the molecule is CCOCCCCCCCC(=O)NCc1ccc(COCC(C)C)cc1. The lowest BCUT2D eigenvalue weighted by atomic mass is 10.1. The molecule has 1 aromatic rings. The maximum Gasteiger partial charge on any atom is 0.220 e. The number of hydrogen-bond donors (Lipinski definition) is 1. The lowest BCUT2D eigenvalue weighted by Gasteiger charge is -2.08. The normalized spacial score (nSPS) is 11.1. The maximum atomic E-state index is 11.9. The summed E-state index contributed by atoms with van der Waals surface area (Å²) in [5, 5.41) is 3.01. The van der Waals surface area contributed by atoms with Gasteiger partial charge in [0.15, 0.2) is 0 Å². The molecule has 1 N–H and O–H groups in total. The van der Waals surface area contributed by atoms with E-state index in [0.717, 1.165) is 44.6 Å². The number of ether oxygens (including phenoxy) is 2. The monoisotopic (exact) mass is 363 g/mol. The van der Waals surface area contributed by atoms with Crippen molar-refractivity contribution in [2.24, 2.45) is 5.92 Å². The van der Waals surface area contributed by atoms with E-state index < -0.39 is 0 Å². The van der Waals surface area contributed by atoms with Gasteiger partial charge in [0.05, 0.1) is 6.61 Å². The molecule has 26 heavy (non-hydrogen) atoms. The van der Waals surface area contributed by atoms with E-state index in [2.05, 4.69) is 43.4 Å². The summed E-state index contributed by atoms with van der Waals surface area (Å²) in [5.74, 6) is 0.697. The second kappa shape index (κ2) is 14.7. The predicted octanol–water partition coefficient (Wildman–Crippen LogP) is 4.85. The Balaban J connectivity index is 2.07. The standard InChI is InChI=1S/C22H37NO3/c1-4-25-15-9-7-5-6-8-10-22(24)23-16-20-11-13-21(14-12-20)18-26-17-19(2)3/h11-14,19H,4-10,15-18H2,1-3H3,(H,23,24). The minimum atomic E-state index is 0.142. The summed E-state index contributed by atoms with van der Waals surface area (Å²) < 4.78 is 11.0. The predicted molar refractivity (Wildman–Crippen MR) is 107 cm³/mol. The van der Waals surface area contributed by atoms with Crippen molar-refractivity contribution in [2.45, 2.75) is 72.4 Å². The van der Waals surface area contributed by atoms with Gasteiger partial charge in [-0.3, -0.25) is 4.79 Å². The summed E-state index contributed by atoms with van der Waals surface area (Å²) in [5.41, 5.74) is 2.30. The first-order valence-corrected chi connectivity index (χ1v) is 10.1. The Labute approximate surface area is 159 Å². The fraction of sp³-hybridized carbons (Fsp3) is 0.682. The molecule has 1 rings (SSSR count). The number of carbonyl (C=O) groups is 1. The summed E-state index contributed by atoms with van der Waals surface area (Å²) in [6.07, 6.45) is 6.19. The van der Waals surface area contributed by atoms with Gasteiger partial charge in [-0.1, -0.05) is 57.4 Å². The molecule has 0 saturated heterocycles. The first-order chi connectivity index (χ1) is 12.6. The van der Waals surface area contributed by atoms with Gasteiger partial charge in [-0.25, -0.2) is 0 Å². The van der Waals surface area contributed by atoms with E-state index in [-0.39, 0.29) is 5.91 Å². The van der Waals surface area contributed by atoms with Crippen molar-refractivity contribution in [1.29, 1.82) is 0 Å². The molecule has 0 aliphatic rings. The molecule has 0 spiro atoms. The average Bonchev–Trinajstić information content (AvgIpc) is 2.63. The quantitative estimate of drug-likeness (QED) is 0.453. The van der Waals surface area contributed by atoms with Crippen LogP contribution in [-0.4, -0.2) is 25.7 Å². The molecule has 0 unspecified atom stereocenters. The van der Waals surface area contributed by atoms with Crippen LogP contribution in [0.1, 0.15) is 70.4 Å². The van der Waals surface area contributed by atoms with Gasteiger partial charge in [-0.15, -0.1) is 0 Å². The molecule has 0 atom stereocenters.